The van der Waals surface area contributed by atoms with Crippen molar-refractivity contribution in [2.75, 3.05) is 4.90 Å². The molecule has 0 N–H and O–H groups in total. The lowest BCUT2D eigenvalue weighted by Gasteiger charge is -2.29. The fraction of sp³-hybridized carbons (Fsp3) is 0.0704. The first-order valence-corrected chi connectivity index (χ1v) is 25.2. The summed E-state index contributed by atoms with van der Waals surface area (Å²) in [4.78, 5) is 2.43. The fourth-order valence-electron chi connectivity index (χ4n) is 12.2. The van der Waals surface area contributed by atoms with Crippen molar-refractivity contribution in [1.82, 2.24) is 0 Å². The van der Waals surface area contributed by atoms with Crippen molar-refractivity contribution < 1.29 is 0 Å². The molecule has 72 heavy (non-hydrogen) atoms. The van der Waals surface area contributed by atoms with Crippen LogP contribution in [0.5, 0.6) is 0 Å². The number of nitrogens with zero attached hydrogens (tertiary/aromatic N) is 1. The summed E-state index contributed by atoms with van der Waals surface area (Å²) in [6, 6.07) is 98.5. The average Bonchev–Trinajstić information content (AvgIpc) is 3.85. The Labute approximate surface area is 424 Å². The number of fused-ring (bicyclic) bond motifs is 6. The van der Waals surface area contributed by atoms with E-state index in [-0.39, 0.29) is 10.8 Å². The molecule has 0 spiro atoms. The summed E-state index contributed by atoms with van der Waals surface area (Å²) in [6.07, 6.45) is 0. The van der Waals surface area contributed by atoms with Gasteiger partial charge in [0.25, 0.3) is 0 Å². The molecule has 0 bridgehead atoms. The van der Waals surface area contributed by atoms with Gasteiger partial charge >= 0.3 is 0 Å². The predicted molar refractivity (Wildman–Crippen MR) is 303 cm³/mol. The van der Waals surface area contributed by atoms with Crippen LogP contribution in [0, 0.1) is 0 Å². The summed E-state index contributed by atoms with van der Waals surface area (Å²) < 4.78 is 0. The molecule has 0 radical (unpaired) electrons. The summed E-state index contributed by atoms with van der Waals surface area (Å²) >= 11 is 0. The van der Waals surface area contributed by atoms with Gasteiger partial charge in [-0.2, -0.15) is 0 Å². The number of hydrogen-bond donors (Lipinski definition) is 0. The highest BCUT2D eigenvalue weighted by atomic mass is 15.1. The first-order valence-electron chi connectivity index (χ1n) is 25.2. The van der Waals surface area contributed by atoms with E-state index in [0.29, 0.717) is 0 Å². The third kappa shape index (κ3) is 6.99. The Kier molecular flexibility index (Phi) is 10.4. The Morgan fingerprint density at radius 1 is 0.264 bits per heavy atom. The highest BCUT2D eigenvalue weighted by molar-refractivity contribution is 5.94. The monoisotopic (exact) mass is 919 g/mol. The number of para-hydroxylation sites is 1. The molecule has 0 amide bonds. The summed E-state index contributed by atoms with van der Waals surface area (Å²) in [5, 5.41) is 0. The van der Waals surface area contributed by atoms with Crippen LogP contribution in [-0.4, -0.2) is 0 Å². The van der Waals surface area contributed by atoms with Crippen LogP contribution >= 0.6 is 0 Å². The van der Waals surface area contributed by atoms with Gasteiger partial charge in [-0.15, -0.1) is 0 Å². The van der Waals surface area contributed by atoms with E-state index in [1.807, 2.05) is 0 Å². The molecule has 13 rings (SSSR count). The minimum Gasteiger partial charge on any atom is -0.310 e. The number of rotatable bonds is 9. The van der Waals surface area contributed by atoms with Gasteiger partial charge in [0.2, 0.25) is 0 Å². The zero-order valence-corrected chi connectivity index (χ0v) is 40.9. The van der Waals surface area contributed by atoms with Crippen LogP contribution in [-0.2, 0) is 10.8 Å². The van der Waals surface area contributed by atoms with Crippen LogP contribution in [0.3, 0.4) is 0 Å². The topological polar surface area (TPSA) is 3.24 Å². The third-order valence-electron chi connectivity index (χ3n) is 15.8. The molecule has 1 atom stereocenters. The second-order valence-electron chi connectivity index (χ2n) is 20.1. The lowest BCUT2D eigenvalue weighted by atomic mass is 9.74. The van der Waals surface area contributed by atoms with E-state index in [0.717, 1.165) is 22.6 Å². The fourth-order valence-corrected chi connectivity index (χ4v) is 12.2. The lowest BCUT2D eigenvalue weighted by Crippen LogP contribution is -2.22. The van der Waals surface area contributed by atoms with Gasteiger partial charge in [0, 0.05) is 27.8 Å². The molecule has 0 aromatic heterocycles. The van der Waals surface area contributed by atoms with Crippen molar-refractivity contribution in [3.8, 4) is 77.9 Å². The van der Waals surface area contributed by atoms with Crippen LogP contribution in [0.15, 0.2) is 267 Å². The van der Waals surface area contributed by atoms with E-state index in [1.165, 1.54) is 100 Å². The molecule has 0 fully saturated rings. The Morgan fingerprint density at radius 3 is 1.36 bits per heavy atom. The molecule has 1 nitrogen and oxygen atoms in total. The number of anilines is 3. The minimum absolute atomic E-state index is 0.125. The zero-order chi connectivity index (χ0) is 48.4. The second kappa shape index (κ2) is 17.3. The van der Waals surface area contributed by atoms with Crippen LogP contribution in [0.2, 0.25) is 0 Å². The van der Waals surface area contributed by atoms with Crippen molar-refractivity contribution in [2.45, 2.75) is 31.6 Å². The predicted octanol–water partition coefficient (Wildman–Crippen LogP) is 19.1. The van der Waals surface area contributed by atoms with Gasteiger partial charge < -0.3 is 4.90 Å². The van der Waals surface area contributed by atoms with Crippen molar-refractivity contribution >= 4 is 17.1 Å². The summed E-state index contributed by atoms with van der Waals surface area (Å²) in [5.41, 5.74) is 27.1. The van der Waals surface area contributed by atoms with Crippen LogP contribution < -0.4 is 4.90 Å². The average molecular weight is 920 g/mol. The molecule has 2 aliphatic carbocycles. The third-order valence-corrected chi connectivity index (χ3v) is 15.8. The zero-order valence-electron chi connectivity index (χ0n) is 40.9. The molecular weight excluding hydrogens is 867 g/mol. The van der Waals surface area contributed by atoms with E-state index in [1.54, 1.807) is 0 Å². The molecule has 11 aromatic carbocycles. The maximum atomic E-state index is 2.43. The van der Waals surface area contributed by atoms with Gasteiger partial charge in [0.05, 0.1) is 5.69 Å². The lowest BCUT2D eigenvalue weighted by molar-refractivity contribution is 0.662. The molecule has 11 aromatic rings. The van der Waals surface area contributed by atoms with E-state index < -0.39 is 0 Å². The van der Waals surface area contributed by atoms with Crippen molar-refractivity contribution in [1.29, 1.82) is 0 Å². The first-order chi connectivity index (χ1) is 35.4. The molecule has 0 heterocycles. The quantitative estimate of drug-likeness (QED) is 0.139. The molecule has 0 saturated carbocycles. The summed E-state index contributed by atoms with van der Waals surface area (Å²) in [7, 11) is 0. The molecule has 2 aliphatic rings. The van der Waals surface area contributed by atoms with Gasteiger partial charge in [-0.25, -0.2) is 0 Å². The summed E-state index contributed by atoms with van der Waals surface area (Å²) in [5.74, 6) is 0. The summed E-state index contributed by atoms with van der Waals surface area (Å²) in [6.45, 7) is 7.14. The van der Waals surface area contributed by atoms with E-state index >= 15 is 0 Å². The second-order valence-corrected chi connectivity index (χ2v) is 20.1. The van der Waals surface area contributed by atoms with Gasteiger partial charge in [-0.05, 0) is 143 Å². The number of benzene rings is 11. The van der Waals surface area contributed by atoms with Gasteiger partial charge in [0.1, 0.15) is 0 Å². The highest BCUT2D eigenvalue weighted by Gasteiger charge is 2.41. The normalized spacial score (nSPS) is 14.8. The highest BCUT2D eigenvalue weighted by Crippen LogP contribution is 2.55. The maximum absolute atomic E-state index is 2.43. The van der Waals surface area contributed by atoms with E-state index in [9.17, 15) is 0 Å². The molecule has 0 aliphatic heterocycles. The molecule has 342 valence electrons. The Balaban J connectivity index is 0.906. The molecular formula is C71H53N. The maximum Gasteiger partial charge on any atom is 0.0540 e. The smallest absolute Gasteiger partial charge is 0.0540 e. The van der Waals surface area contributed by atoms with Gasteiger partial charge in [-0.3, -0.25) is 0 Å². The van der Waals surface area contributed by atoms with Gasteiger partial charge in [-0.1, -0.05) is 244 Å². The Morgan fingerprint density at radius 2 is 0.681 bits per heavy atom. The van der Waals surface area contributed by atoms with Crippen molar-refractivity contribution in [3.63, 3.8) is 0 Å². The molecule has 0 saturated heterocycles. The standard InChI is InChI=1S/C71H53N/c1-70(2)65-30-15-12-27-61(65)64-29-18-28-63(69(64)70)59-25-11-10-23-57(59)51-39-44-56(45-40-51)72(68-32-17-14-24-58(68)52-35-33-49(34-36-52)48-19-6-4-7-20-48)55-42-37-50(38-43-55)53-41-46-62-60-26-13-16-31-66(60)71(3,67(62)47-53)54-21-8-5-9-22-54/h4-47H,1-3H3. The van der Waals surface area contributed by atoms with Crippen molar-refractivity contribution in [3.05, 3.63) is 295 Å². The van der Waals surface area contributed by atoms with Gasteiger partial charge in [0.15, 0.2) is 0 Å². The minimum atomic E-state index is -0.265. The van der Waals surface area contributed by atoms with Crippen molar-refractivity contribution in [2.24, 2.45) is 0 Å². The van der Waals surface area contributed by atoms with Crippen LogP contribution in [0.25, 0.3) is 77.9 Å². The van der Waals surface area contributed by atoms with E-state index in [4.69, 9.17) is 0 Å². The first kappa shape index (κ1) is 43.3. The van der Waals surface area contributed by atoms with Crippen LogP contribution in [0.1, 0.15) is 48.6 Å². The van der Waals surface area contributed by atoms with Crippen LogP contribution in [0.4, 0.5) is 17.1 Å². The Bertz CT molecular complexity index is 3810. The molecule has 1 heteroatoms. The SMILES string of the molecule is CC1(C)c2ccccc2-c2cccc(-c3ccccc3-c3ccc(N(c4ccc(-c5ccc6c(c5)C(C)(c5ccccc5)c5ccccc5-6)cc4)c4ccccc4-c4ccc(-c5ccccc5)cc4)cc3)c21. The largest absolute Gasteiger partial charge is 0.310 e. The Hall–Kier alpha value is -8.78. The van der Waals surface area contributed by atoms with E-state index in [2.05, 4.69) is 293 Å². The molecule has 1 unspecified atom stereocenters. The number of hydrogen-bond acceptors (Lipinski definition) is 1.